The van der Waals surface area contributed by atoms with Gasteiger partial charge in [-0.3, -0.25) is 4.79 Å². The van der Waals surface area contributed by atoms with Gasteiger partial charge in [-0.25, -0.2) is 0 Å². The first-order chi connectivity index (χ1) is 8.84. The van der Waals surface area contributed by atoms with Gasteiger partial charge in [-0.2, -0.15) is 17.0 Å². The number of nitrogens with zero attached hydrogens (tertiary/aromatic N) is 2. The van der Waals surface area contributed by atoms with Crippen LogP contribution in [-0.2, 0) is 15.0 Å². The van der Waals surface area contributed by atoms with Crippen molar-refractivity contribution in [1.82, 2.24) is 8.61 Å². The smallest absolute Gasteiger partial charge is 0.304 e. The van der Waals surface area contributed by atoms with Gasteiger partial charge in [-0.15, -0.1) is 0 Å². The van der Waals surface area contributed by atoms with E-state index >= 15 is 0 Å². The maximum Gasteiger partial charge on any atom is 0.304 e. The molecule has 1 saturated carbocycles. The number of hydrogen-bond donors (Lipinski definition) is 1. The topological polar surface area (TPSA) is 77.9 Å². The van der Waals surface area contributed by atoms with E-state index in [1.807, 2.05) is 0 Å². The summed E-state index contributed by atoms with van der Waals surface area (Å²) < 4.78 is 26.8. The SMILES string of the molecule is CN(CCC(=O)O)S(=O)(=O)N(C)CC1CCCCC1. The van der Waals surface area contributed by atoms with Crippen LogP contribution in [0.1, 0.15) is 38.5 Å². The number of rotatable bonds is 7. The maximum absolute atomic E-state index is 12.2. The standard InChI is InChI=1S/C12H24N2O4S/c1-13(9-8-12(15)16)19(17,18)14(2)10-11-6-4-3-5-7-11/h11H,3-10H2,1-2H3,(H,15,16). The van der Waals surface area contributed by atoms with E-state index in [-0.39, 0.29) is 13.0 Å². The fourth-order valence-corrected chi connectivity index (χ4v) is 3.63. The molecule has 7 heteroatoms. The third kappa shape index (κ3) is 5.08. The van der Waals surface area contributed by atoms with Gasteiger partial charge in [0, 0.05) is 27.2 Å². The lowest BCUT2D eigenvalue weighted by molar-refractivity contribution is -0.137. The van der Waals surface area contributed by atoms with Gasteiger partial charge < -0.3 is 5.11 Å². The van der Waals surface area contributed by atoms with Crippen molar-refractivity contribution in [2.75, 3.05) is 27.2 Å². The molecule has 0 atom stereocenters. The van der Waals surface area contributed by atoms with Crippen molar-refractivity contribution in [2.45, 2.75) is 38.5 Å². The van der Waals surface area contributed by atoms with Crippen LogP contribution in [0.25, 0.3) is 0 Å². The predicted molar refractivity (Wildman–Crippen MR) is 73.0 cm³/mol. The van der Waals surface area contributed by atoms with E-state index < -0.39 is 16.2 Å². The molecule has 0 bridgehead atoms. The van der Waals surface area contributed by atoms with Crippen LogP contribution in [0.4, 0.5) is 0 Å². The molecule has 1 aliphatic carbocycles. The lowest BCUT2D eigenvalue weighted by Gasteiger charge is -2.29. The van der Waals surface area contributed by atoms with Crippen molar-refractivity contribution in [3.63, 3.8) is 0 Å². The molecule has 0 heterocycles. The molecular weight excluding hydrogens is 268 g/mol. The van der Waals surface area contributed by atoms with Gasteiger partial charge in [0.2, 0.25) is 0 Å². The number of carbonyl (C=O) groups is 1. The Morgan fingerprint density at radius 2 is 1.74 bits per heavy atom. The molecule has 19 heavy (non-hydrogen) atoms. The molecule has 0 aromatic heterocycles. The molecule has 0 aromatic rings. The second-order valence-corrected chi connectivity index (χ2v) is 7.40. The zero-order valence-electron chi connectivity index (χ0n) is 11.7. The molecule has 1 aliphatic rings. The van der Waals surface area contributed by atoms with E-state index in [4.69, 9.17) is 5.11 Å². The summed E-state index contributed by atoms with van der Waals surface area (Å²) in [7, 11) is -0.534. The number of hydrogen-bond acceptors (Lipinski definition) is 3. The normalized spacial score (nSPS) is 18.1. The highest BCUT2D eigenvalue weighted by molar-refractivity contribution is 7.86. The molecule has 0 saturated heterocycles. The second kappa shape index (κ2) is 7.21. The molecule has 0 aliphatic heterocycles. The van der Waals surface area contributed by atoms with Crippen molar-refractivity contribution >= 4 is 16.2 Å². The summed E-state index contributed by atoms with van der Waals surface area (Å²) in [5.41, 5.74) is 0. The Bertz CT molecular complexity index is 391. The zero-order chi connectivity index (χ0) is 14.5. The molecule has 0 radical (unpaired) electrons. The first-order valence-corrected chi connectivity index (χ1v) is 8.13. The van der Waals surface area contributed by atoms with Crippen molar-refractivity contribution in [1.29, 1.82) is 0 Å². The van der Waals surface area contributed by atoms with Crippen molar-refractivity contribution in [2.24, 2.45) is 5.92 Å². The molecule has 112 valence electrons. The molecule has 1 rings (SSSR count). The fourth-order valence-electron chi connectivity index (χ4n) is 2.43. The Hall–Kier alpha value is -0.660. The first-order valence-electron chi connectivity index (χ1n) is 6.73. The van der Waals surface area contributed by atoms with E-state index in [9.17, 15) is 13.2 Å². The highest BCUT2D eigenvalue weighted by Crippen LogP contribution is 2.25. The Labute approximate surface area is 115 Å². The van der Waals surface area contributed by atoms with E-state index in [1.54, 1.807) is 7.05 Å². The van der Waals surface area contributed by atoms with Crippen LogP contribution in [0.5, 0.6) is 0 Å². The van der Waals surface area contributed by atoms with E-state index in [1.165, 1.54) is 30.6 Å². The Balaban J connectivity index is 2.52. The van der Waals surface area contributed by atoms with Gasteiger partial charge >= 0.3 is 5.97 Å². The highest BCUT2D eigenvalue weighted by atomic mass is 32.2. The van der Waals surface area contributed by atoms with Gasteiger partial charge in [-0.1, -0.05) is 19.3 Å². The third-order valence-electron chi connectivity index (χ3n) is 3.67. The second-order valence-electron chi connectivity index (χ2n) is 5.26. The van der Waals surface area contributed by atoms with Crippen LogP contribution in [-0.4, -0.2) is 55.3 Å². The summed E-state index contributed by atoms with van der Waals surface area (Å²) in [6, 6.07) is 0. The summed E-state index contributed by atoms with van der Waals surface area (Å²) in [6.45, 7) is 0.534. The Kier molecular flexibility index (Phi) is 6.22. The van der Waals surface area contributed by atoms with E-state index in [0.29, 0.717) is 12.5 Å². The minimum atomic E-state index is -3.53. The lowest BCUT2D eigenvalue weighted by Crippen LogP contribution is -2.42. The number of aliphatic carboxylic acids is 1. The average molecular weight is 292 g/mol. The Morgan fingerprint density at radius 3 is 2.26 bits per heavy atom. The molecule has 6 nitrogen and oxygen atoms in total. The minimum Gasteiger partial charge on any atom is -0.481 e. The van der Waals surface area contributed by atoms with Crippen molar-refractivity contribution in [3.8, 4) is 0 Å². The highest BCUT2D eigenvalue weighted by Gasteiger charge is 2.26. The molecule has 0 spiro atoms. The van der Waals surface area contributed by atoms with E-state index in [0.717, 1.165) is 17.1 Å². The molecule has 0 aromatic carbocycles. The summed E-state index contributed by atoms with van der Waals surface area (Å²) >= 11 is 0. The van der Waals surface area contributed by atoms with Crippen LogP contribution in [0.2, 0.25) is 0 Å². The zero-order valence-corrected chi connectivity index (χ0v) is 12.5. The van der Waals surface area contributed by atoms with Crippen LogP contribution < -0.4 is 0 Å². The van der Waals surface area contributed by atoms with Crippen LogP contribution in [0.15, 0.2) is 0 Å². The quantitative estimate of drug-likeness (QED) is 0.763. The van der Waals surface area contributed by atoms with Crippen LogP contribution >= 0.6 is 0 Å². The fraction of sp³-hybridized carbons (Fsp3) is 0.917. The van der Waals surface area contributed by atoms with Gasteiger partial charge in [0.05, 0.1) is 6.42 Å². The van der Waals surface area contributed by atoms with E-state index in [2.05, 4.69) is 0 Å². The van der Waals surface area contributed by atoms with Gasteiger partial charge in [0.15, 0.2) is 0 Å². The average Bonchev–Trinajstić information content (AvgIpc) is 2.36. The van der Waals surface area contributed by atoms with Crippen LogP contribution in [0, 0.1) is 5.92 Å². The third-order valence-corrected chi connectivity index (χ3v) is 5.58. The molecule has 1 N–H and O–H groups in total. The predicted octanol–water partition coefficient (Wildman–Crippen LogP) is 1.15. The molecular formula is C12H24N2O4S. The molecule has 0 amide bonds. The minimum absolute atomic E-state index is 0.00662. The number of carboxylic acids is 1. The van der Waals surface area contributed by atoms with Crippen molar-refractivity contribution < 1.29 is 18.3 Å². The summed E-state index contributed by atoms with van der Waals surface area (Å²) in [6.07, 6.45) is 5.58. The summed E-state index contributed by atoms with van der Waals surface area (Å²) in [5.74, 6) is -0.557. The molecule has 0 unspecified atom stereocenters. The first kappa shape index (κ1) is 16.4. The Morgan fingerprint density at radius 1 is 1.16 bits per heavy atom. The van der Waals surface area contributed by atoms with Gasteiger partial charge in [0.1, 0.15) is 0 Å². The maximum atomic E-state index is 12.2. The van der Waals surface area contributed by atoms with Gasteiger partial charge in [-0.05, 0) is 18.8 Å². The number of carboxylic acid groups (broad SMARTS) is 1. The monoisotopic (exact) mass is 292 g/mol. The van der Waals surface area contributed by atoms with Crippen molar-refractivity contribution in [3.05, 3.63) is 0 Å². The van der Waals surface area contributed by atoms with Crippen LogP contribution in [0.3, 0.4) is 0 Å². The largest absolute Gasteiger partial charge is 0.481 e. The van der Waals surface area contributed by atoms with Gasteiger partial charge in [0.25, 0.3) is 10.2 Å². The summed E-state index contributed by atoms with van der Waals surface area (Å²) in [4.78, 5) is 10.5. The summed E-state index contributed by atoms with van der Waals surface area (Å²) in [5, 5.41) is 8.59. The lowest BCUT2D eigenvalue weighted by atomic mass is 9.89. The molecule has 1 fully saturated rings.